The molecule has 6 nitrogen and oxygen atoms in total. The average molecular weight is 529 g/mol. The van der Waals surface area contributed by atoms with Crippen LogP contribution in [0.25, 0.3) is 11.1 Å². The normalized spacial score (nSPS) is 13.6. The quantitative estimate of drug-likeness (QED) is 0.260. The number of rotatable bonds is 12. The summed E-state index contributed by atoms with van der Waals surface area (Å²) in [4.78, 5) is 26.0. The SMILES string of the molecule is CCCCc1ccc(-c2ccc(CN(Cc3ccc(OCC(=O)O)cc3)C(=O)NC3CCCCC3)cc2)cc1. The first-order valence-electron chi connectivity index (χ1n) is 14.2. The summed E-state index contributed by atoms with van der Waals surface area (Å²) in [5, 5.41) is 12.1. The Labute approximate surface area is 232 Å². The Bertz CT molecular complexity index is 1180. The minimum absolute atomic E-state index is 0.0557. The summed E-state index contributed by atoms with van der Waals surface area (Å²) in [6.45, 7) is 2.77. The van der Waals surface area contributed by atoms with E-state index in [-0.39, 0.29) is 18.7 Å². The zero-order chi connectivity index (χ0) is 27.5. The predicted octanol–water partition coefficient (Wildman–Crippen LogP) is 7.20. The first-order chi connectivity index (χ1) is 19.0. The molecule has 0 unspecified atom stereocenters. The number of carbonyl (C=O) groups is 2. The highest BCUT2D eigenvalue weighted by Crippen LogP contribution is 2.23. The largest absolute Gasteiger partial charge is 0.482 e. The van der Waals surface area contributed by atoms with Gasteiger partial charge in [-0.05, 0) is 65.6 Å². The van der Waals surface area contributed by atoms with E-state index in [0.29, 0.717) is 18.8 Å². The van der Waals surface area contributed by atoms with Crippen molar-refractivity contribution in [2.75, 3.05) is 6.61 Å². The third-order valence-corrected chi connectivity index (χ3v) is 7.31. The lowest BCUT2D eigenvalue weighted by Crippen LogP contribution is -2.44. The van der Waals surface area contributed by atoms with Crippen LogP contribution >= 0.6 is 0 Å². The number of aliphatic carboxylic acids is 1. The standard InChI is InChI=1S/C33H40N2O4/c1-2-3-7-25-10-16-28(17-11-25)29-18-12-26(13-19-29)22-35(33(38)34-30-8-5-4-6-9-30)23-27-14-20-31(21-15-27)39-24-32(36)37/h10-21,30H,2-9,22-24H2,1H3,(H,34,38)(H,36,37). The number of amides is 2. The molecule has 3 aromatic carbocycles. The van der Waals surface area contributed by atoms with E-state index in [2.05, 4.69) is 60.8 Å². The number of urea groups is 1. The molecule has 1 aliphatic rings. The van der Waals surface area contributed by atoms with Crippen molar-refractivity contribution in [3.63, 3.8) is 0 Å². The predicted molar refractivity (Wildman–Crippen MR) is 155 cm³/mol. The summed E-state index contributed by atoms with van der Waals surface area (Å²) in [5.41, 5.74) is 5.75. The third-order valence-electron chi connectivity index (χ3n) is 7.31. The van der Waals surface area contributed by atoms with Crippen LogP contribution in [0.2, 0.25) is 0 Å². The summed E-state index contributed by atoms with van der Waals surface area (Å²) in [6, 6.07) is 24.7. The Hall–Kier alpha value is -3.80. The number of aryl methyl sites for hydroxylation is 1. The molecule has 0 heterocycles. The maximum atomic E-state index is 13.4. The second-order valence-corrected chi connectivity index (χ2v) is 10.5. The van der Waals surface area contributed by atoms with Gasteiger partial charge in [-0.15, -0.1) is 0 Å². The minimum Gasteiger partial charge on any atom is -0.482 e. The topological polar surface area (TPSA) is 78.9 Å². The molecule has 0 radical (unpaired) electrons. The number of carbonyl (C=O) groups excluding carboxylic acids is 1. The van der Waals surface area contributed by atoms with E-state index in [0.717, 1.165) is 48.8 Å². The van der Waals surface area contributed by atoms with Crippen molar-refractivity contribution in [1.82, 2.24) is 10.2 Å². The third kappa shape index (κ3) is 8.88. The number of nitrogens with one attached hydrogen (secondary N) is 1. The maximum absolute atomic E-state index is 13.4. The average Bonchev–Trinajstić information content (AvgIpc) is 2.96. The summed E-state index contributed by atoms with van der Waals surface area (Å²) < 4.78 is 5.25. The van der Waals surface area contributed by atoms with Gasteiger partial charge in [0.1, 0.15) is 5.75 Å². The highest BCUT2D eigenvalue weighted by atomic mass is 16.5. The maximum Gasteiger partial charge on any atom is 0.341 e. The molecule has 0 aromatic heterocycles. The van der Waals surface area contributed by atoms with Gasteiger partial charge >= 0.3 is 12.0 Å². The molecule has 3 aromatic rings. The number of ether oxygens (including phenoxy) is 1. The van der Waals surface area contributed by atoms with Crippen molar-refractivity contribution in [3.8, 4) is 16.9 Å². The van der Waals surface area contributed by atoms with Crippen molar-refractivity contribution in [2.24, 2.45) is 0 Å². The van der Waals surface area contributed by atoms with Crippen molar-refractivity contribution < 1.29 is 19.4 Å². The highest BCUT2D eigenvalue weighted by molar-refractivity contribution is 5.74. The molecule has 1 fully saturated rings. The van der Waals surface area contributed by atoms with Gasteiger partial charge in [0.2, 0.25) is 0 Å². The molecule has 0 atom stereocenters. The molecule has 39 heavy (non-hydrogen) atoms. The summed E-state index contributed by atoms with van der Waals surface area (Å²) in [5.74, 6) is -0.520. The lowest BCUT2D eigenvalue weighted by atomic mass is 9.96. The first kappa shape index (κ1) is 28.2. The molecule has 0 aliphatic heterocycles. The Morgan fingerprint density at radius 2 is 1.36 bits per heavy atom. The molecule has 1 saturated carbocycles. The van der Waals surface area contributed by atoms with Crippen LogP contribution < -0.4 is 10.1 Å². The van der Waals surface area contributed by atoms with Crippen molar-refractivity contribution in [3.05, 3.63) is 89.5 Å². The summed E-state index contributed by atoms with van der Waals surface area (Å²) >= 11 is 0. The van der Waals surface area contributed by atoms with Gasteiger partial charge in [-0.2, -0.15) is 0 Å². The number of nitrogens with zero attached hydrogens (tertiary/aromatic N) is 1. The van der Waals surface area contributed by atoms with Crippen LogP contribution in [0.15, 0.2) is 72.8 Å². The van der Waals surface area contributed by atoms with E-state index < -0.39 is 5.97 Å². The smallest absolute Gasteiger partial charge is 0.341 e. The molecule has 0 spiro atoms. The fourth-order valence-corrected chi connectivity index (χ4v) is 5.04. The highest BCUT2D eigenvalue weighted by Gasteiger charge is 2.20. The molecule has 0 saturated heterocycles. The van der Waals surface area contributed by atoms with Gasteiger partial charge in [0.15, 0.2) is 6.61 Å². The minimum atomic E-state index is -1.01. The summed E-state index contributed by atoms with van der Waals surface area (Å²) in [6.07, 6.45) is 9.13. The number of carboxylic acid groups (broad SMARTS) is 1. The Morgan fingerprint density at radius 3 is 1.90 bits per heavy atom. The number of carboxylic acids is 1. The molecule has 2 amide bonds. The molecule has 1 aliphatic carbocycles. The lowest BCUT2D eigenvalue weighted by Gasteiger charge is -2.29. The van der Waals surface area contributed by atoms with Crippen molar-refractivity contribution in [2.45, 2.75) is 77.4 Å². The number of hydrogen-bond acceptors (Lipinski definition) is 3. The summed E-state index contributed by atoms with van der Waals surface area (Å²) in [7, 11) is 0. The fourth-order valence-electron chi connectivity index (χ4n) is 5.04. The number of unbranched alkanes of at least 4 members (excludes halogenated alkanes) is 1. The Balaban J connectivity index is 1.44. The van der Waals surface area contributed by atoms with Gasteiger partial charge in [0.25, 0.3) is 0 Å². The zero-order valence-electron chi connectivity index (χ0n) is 22.9. The van der Waals surface area contributed by atoms with Crippen LogP contribution in [-0.4, -0.2) is 34.7 Å². The van der Waals surface area contributed by atoms with Crippen LogP contribution in [0.4, 0.5) is 4.79 Å². The van der Waals surface area contributed by atoms with E-state index >= 15 is 0 Å². The van der Waals surface area contributed by atoms with E-state index in [4.69, 9.17) is 9.84 Å². The van der Waals surface area contributed by atoms with Crippen LogP contribution in [0.3, 0.4) is 0 Å². The van der Waals surface area contributed by atoms with Crippen molar-refractivity contribution >= 4 is 12.0 Å². The van der Waals surface area contributed by atoms with Gasteiger partial charge in [-0.1, -0.05) is 93.3 Å². The van der Waals surface area contributed by atoms with Crippen LogP contribution in [0, 0.1) is 0 Å². The lowest BCUT2D eigenvalue weighted by molar-refractivity contribution is -0.139. The van der Waals surface area contributed by atoms with Gasteiger partial charge in [0, 0.05) is 19.1 Å². The molecular formula is C33H40N2O4. The number of benzene rings is 3. The van der Waals surface area contributed by atoms with E-state index in [1.165, 1.54) is 30.4 Å². The van der Waals surface area contributed by atoms with Crippen molar-refractivity contribution in [1.29, 1.82) is 0 Å². The van der Waals surface area contributed by atoms with E-state index in [1.54, 1.807) is 12.1 Å². The van der Waals surface area contributed by atoms with E-state index in [1.807, 2.05) is 17.0 Å². The molecule has 6 heteroatoms. The molecular weight excluding hydrogens is 488 g/mol. The van der Waals surface area contributed by atoms with Gasteiger partial charge in [-0.3, -0.25) is 0 Å². The first-order valence-corrected chi connectivity index (χ1v) is 14.2. The zero-order valence-corrected chi connectivity index (χ0v) is 22.9. The molecule has 2 N–H and O–H groups in total. The van der Waals surface area contributed by atoms with Crippen LogP contribution in [0.1, 0.15) is 68.6 Å². The van der Waals surface area contributed by atoms with Gasteiger partial charge in [0.05, 0.1) is 0 Å². The van der Waals surface area contributed by atoms with Crippen LogP contribution in [0.5, 0.6) is 5.75 Å². The monoisotopic (exact) mass is 528 g/mol. The van der Waals surface area contributed by atoms with Gasteiger partial charge < -0.3 is 20.1 Å². The van der Waals surface area contributed by atoms with Crippen LogP contribution in [-0.2, 0) is 24.3 Å². The second kappa shape index (κ2) is 14.4. The molecule has 206 valence electrons. The second-order valence-electron chi connectivity index (χ2n) is 10.5. The molecule has 0 bridgehead atoms. The Morgan fingerprint density at radius 1 is 0.821 bits per heavy atom. The molecule has 4 rings (SSSR count). The fraction of sp³-hybridized carbons (Fsp3) is 0.394. The van der Waals surface area contributed by atoms with E-state index in [9.17, 15) is 9.59 Å². The Kier molecular flexibility index (Phi) is 10.4. The number of hydrogen-bond donors (Lipinski definition) is 2. The van der Waals surface area contributed by atoms with Gasteiger partial charge in [-0.25, -0.2) is 9.59 Å².